The van der Waals surface area contributed by atoms with E-state index in [1.807, 2.05) is 0 Å². The lowest BCUT2D eigenvalue weighted by Gasteiger charge is -2.22. The Morgan fingerprint density at radius 3 is 2.47 bits per heavy atom. The Balaban J connectivity index is 2.57. The first kappa shape index (κ1) is 12.0. The number of aromatic nitrogens is 2. The van der Waals surface area contributed by atoms with Gasteiger partial charge in [-0.25, -0.2) is 4.79 Å². The molecule has 1 fully saturated rings. The third-order valence-corrected chi connectivity index (χ3v) is 4.10. The van der Waals surface area contributed by atoms with Crippen LogP contribution in [0.25, 0.3) is 0 Å². The van der Waals surface area contributed by atoms with Gasteiger partial charge >= 0.3 is 5.69 Å². The molecule has 0 aromatic carbocycles. The number of rotatable bonds is 1. The van der Waals surface area contributed by atoms with Crippen LogP contribution in [0.1, 0.15) is 38.3 Å². The van der Waals surface area contributed by atoms with Gasteiger partial charge in [0.05, 0.1) is 5.56 Å². The molecule has 3 unspecified atom stereocenters. The van der Waals surface area contributed by atoms with Crippen LogP contribution in [-0.4, -0.2) is 14.7 Å². The van der Waals surface area contributed by atoms with Crippen molar-refractivity contribution in [3.05, 3.63) is 26.4 Å². The second-order valence-electron chi connectivity index (χ2n) is 5.06. The fraction of sp³-hybridized carbons (Fsp3) is 0.667. The van der Waals surface area contributed by atoms with Crippen LogP contribution in [-0.2, 0) is 0 Å². The van der Waals surface area contributed by atoms with Crippen LogP contribution in [0.3, 0.4) is 0 Å². The summed E-state index contributed by atoms with van der Waals surface area (Å²) in [5, 5.41) is 9.97. The zero-order chi connectivity index (χ0) is 12.7. The van der Waals surface area contributed by atoms with Gasteiger partial charge < -0.3 is 5.11 Å². The van der Waals surface area contributed by atoms with Crippen molar-refractivity contribution < 1.29 is 5.11 Å². The molecule has 5 nitrogen and oxygen atoms in total. The Labute approximate surface area is 99.1 Å². The summed E-state index contributed by atoms with van der Waals surface area (Å²) in [4.78, 5) is 25.4. The minimum Gasteiger partial charge on any atom is -0.494 e. The molecule has 5 heteroatoms. The van der Waals surface area contributed by atoms with E-state index in [1.54, 1.807) is 0 Å². The van der Waals surface area contributed by atoms with Crippen molar-refractivity contribution in [2.45, 2.75) is 39.7 Å². The van der Waals surface area contributed by atoms with Gasteiger partial charge in [0.25, 0.3) is 5.56 Å². The Kier molecular flexibility index (Phi) is 2.85. The molecule has 2 N–H and O–H groups in total. The summed E-state index contributed by atoms with van der Waals surface area (Å²) in [5.74, 6) is 0.659. The maximum atomic E-state index is 11.8. The minimum absolute atomic E-state index is 0.0203. The van der Waals surface area contributed by atoms with Gasteiger partial charge in [-0.3, -0.25) is 14.3 Å². The molecule has 3 atom stereocenters. The number of hydrogen-bond acceptors (Lipinski definition) is 3. The second kappa shape index (κ2) is 4.05. The Bertz CT molecular complexity index is 544. The average Bonchev–Trinajstić information content (AvgIpc) is 2.58. The Hall–Kier alpha value is -1.52. The van der Waals surface area contributed by atoms with Gasteiger partial charge in [0.15, 0.2) is 0 Å². The number of nitrogens with one attached hydrogen (secondary N) is 1. The van der Waals surface area contributed by atoms with Gasteiger partial charge in [-0.15, -0.1) is 0 Å². The van der Waals surface area contributed by atoms with Gasteiger partial charge in [-0.05, 0) is 31.6 Å². The zero-order valence-electron chi connectivity index (χ0n) is 10.4. The highest BCUT2D eigenvalue weighted by molar-refractivity contribution is 5.21. The summed E-state index contributed by atoms with van der Waals surface area (Å²) in [7, 11) is 0. The highest BCUT2D eigenvalue weighted by atomic mass is 16.3. The van der Waals surface area contributed by atoms with Crippen molar-refractivity contribution in [2.24, 2.45) is 11.8 Å². The predicted molar refractivity (Wildman–Crippen MR) is 64.3 cm³/mol. The summed E-state index contributed by atoms with van der Waals surface area (Å²) >= 11 is 0. The van der Waals surface area contributed by atoms with Gasteiger partial charge in [-0.2, -0.15) is 0 Å². The van der Waals surface area contributed by atoms with Crippen molar-refractivity contribution in [3.8, 4) is 5.88 Å². The lowest BCUT2D eigenvalue weighted by molar-refractivity contribution is 0.299. The van der Waals surface area contributed by atoms with E-state index in [9.17, 15) is 14.7 Å². The molecule has 17 heavy (non-hydrogen) atoms. The molecule has 0 aliphatic heterocycles. The zero-order valence-corrected chi connectivity index (χ0v) is 10.4. The molecule has 0 radical (unpaired) electrons. The SMILES string of the molecule is Cc1c(O)n(C2CCC(C)C2C)c(=O)[nH]c1=O. The smallest absolute Gasteiger partial charge is 0.331 e. The van der Waals surface area contributed by atoms with E-state index in [0.29, 0.717) is 11.8 Å². The van der Waals surface area contributed by atoms with E-state index >= 15 is 0 Å². The van der Waals surface area contributed by atoms with Crippen molar-refractivity contribution in [2.75, 3.05) is 0 Å². The van der Waals surface area contributed by atoms with Crippen LogP contribution in [0.2, 0.25) is 0 Å². The molecule has 1 saturated carbocycles. The van der Waals surface area contributed by atoms with Crippen molar-refractivity contribution >= 4 is 0 Å². The molecular weight excluding hydrogens is 220 g/mol. The second-order valence-corrected chi connectivity index (χ2v) is 5.06. The van der Waals surface area contributed by atoms with Crippen LogP contribution in [0.5, 0.6) is 5.88 Å². The molecule has 1 aliphatic rings. The first-order chi connectivity index (χ1) is 7.93. The van der Waals surface area contributed by atoms with Gasteiger partial charge in [-0.1, -0.05) is 13.8 Å². The lowest BCUT2D eigenvalue weighted by Crippen LogP contribution is -2.34. The average molecular weight is 238 g/mol. The Morgan fingerprint density at radius 2 is 1.94 bits per heavy atom. The van der Waals surface area contributed by atoms with Crippen LogP contribution >= 0.6 is 0 Å². The molecule has 1 heterocycles. The quantitative estimate of drug-likeness (QED) is 0.770. The molecule has 1 aliphatic carbocycles. The molecule has 0 amide bonds. The first-order valence-electron chi connectivity index (χ1n) is 5.98. The van der Waals surface area contributed by atoms with Crippen LogP contribution in [0.4, 0.5) is 0 Å². The summed E-state index contributed by atoms with van der Waals surface area (Å²) in [6.07, 6.45) is 1.90. The van der Waals surface area contributed by atoms with Gasteiger partial charge in [0, 0.05) is 6.04 Å². The maximum Gasteiger partial charge on any atom is 0.331 e. The summed E-state index contributed by atoms with van der Waals surface area (Å²) in [6.45, 7) is 5.74. The van der Waals surface area contributed by atoms with Gasteiger partial charge in [0.2, 0.25) is 5.88 Å². The van der Waals surface area contributed by atoms with Crippen molar-refractivity contribution in [1.29, 1.82) is 0 Å². The number of aromatic amines is 1. The summed E-state index contributed by atoms with van der Waals surface area (Å²) in [5.41, 5.74) is -0.817. The fourth-order valence-electron chi connectivity index (χ4n) is 2.64. The topological polar surface area (TPSA) is 75.1 Å². The summed E-state index contributed by atoms with van der Waals surface area (Å²) in [6, 6.07) is -0.0203. The molecule has 1 aromatic rings. The van der Waals surface area contributed by atoms with E-state index in [2.05, 4.69) is 18.8 Å². The number of H-pyrrole nitrogens is 1. The molecule has 0 saturated heterocycles. The predicted octanol–water partition coefficient (Wildman–Crippen LogP) is 1.16. The number of aromatic hydroxyl groups is 1. The molecule has 0 spiro atoms. The van der Waals surface area contributed by atoms with Gasteiger partial charge in [0.1, 0.15) is 0 Å². The van der Waals surface area contributed by atoms with E-state index in [1.165, 1.54) is 11.5 Å². The first-order valence-corrected chi connectivity index (χ1v) is 5.98. The van der Waals surface area contributed by atoms with E-state index < -0.39 is 11.2 Å². The van der Waals surface area contributed by atoms with E-state index in [4.69, 9.17) is 0 Å². The summed E-state index contributed by atoms with van der Waals surface area (Å²) < 4.78 is 1.34. The lowest BCUT2D eigenvalue weighted by atomic mass is 9.97. The Morgan fingerprint density at radius 1 is 1.29 bits per heavy atom. The van der Waals surface area contributed by atoms with Crippen LogP contribution in [0.15, 0.2) is 9.59 Å². The monoisotopic (exact) mass is 238 g/mol. The number of nitrogens with zero attached hydrogens (tertiary/aromatic N) is 1. The third kappa shape index (κ3) is 1.79. The highest BCUT2D eigenvalue weighted by Crippen LogP contribution is 2.40. The molecular formula is C12H18N2O3. The third-order valence-electron chi connectivity index (χ3n) is 4.10. The normalized spacial score (nSPS) is 28.5. The molecule has 94 valence electrons. The van der Waals surface area contributed by atoms with E-state index in [-0.39, 0.29) is 17.5 Å². The van der Waals surface area contributed by atoms with Crippen molar-refractivity contribution in [1.82, 2.24) is 9.55 Å². The standard InChI is InChI=1S/C12H18N2O3/c1-6-4-5-9(7(6)2)14-11(16)8(3)10(15)13-12(14)17/h6-7,9,16H,4-5H2,1-3H3,(H,13,15,17). The highest BCUT2D eigenvalue weighted by Gasteiger charge is 2.33. The fourth-order valence-corrected chi connectivity index (χ4v) is 2.64. The largest absolute Gasteiger partial charge is 0.494 e. The minimum atomic E-state index is -0.512. The van der Waals surface area contributed by atoms with E-state index in [0.717, 1.165) is 12.8 Å². The molecule has 2 rings (SSSR count). The van der Waals surface area contributed by atoms with Crippen LogP contribution in [0, 0.1) is 18.8 Å². The van der Waals surface area contributed by atoms with Crippen LogP contribution < -0.4 is 11.2 Å². The molecule has 1 aromatic heterocycles. The number of hydrogen-bond donors (Lipinski definition) is 2. The maximum absolute atomic E-state index is 11.8. The van der Waals surface area contributed by atoms with Crippen molar-refractivity contribution in [3.63, 3.8) is 0 Å². The molecule has 0 bridgehead atoms.